The highest BCUT2D eigenvalue weighted by atomic mass is 16.4. The van der Waals surface area contributed by atoms with Gasteiger partial charge in [-0.25, -0.2) is 0 Å². The third-order valence-electron chi connectivity index (χ3n) is 3.41. The zero-order chi connectivity index (χ0) is 14.1. The van der Waals surface area contributed by atoms with Crippen LogP contribution in [-0.2, 0) is 17.6 Å². The van der Waals surface area contributed by atoms with E-state index < -0.39 is 5.97 Å². The van der Waals surface area contributed by atoms with Crippen molar-refractivity contribution >= 4 is 5.97 Å². The standard InChI is InChI=1S/C16H25NO2/c1-13(17-2)12-15-10-8-14(9-11-15)6-4-3-5-7-16(18)19/h8-11,13,17H,3-7,12H2,1-2H3,(H,18,19). The second-order valence-electron chi connectivity index (χ2n) is 5.16. The molecule has 0 aromatic heterocycles. The number of nitrogens with one attached hydrogen (secondary N) is 1. The normalized spacial score (nSPS) is 12.3. The van der Waals surface area contributed by atoms with Gasteiger partial charge in [0.15, 0.2) is 0 Å². The first kappa shape index (κ1) is 15.7. The zero-order valence-corrected chi connectivity index (χ0v) is 12.0. The summed E-state index contributed by atoms with van der Waals surface area (Å²) in [6.07, 6.45) is 5.23. The minimum atomic E-state index is -0.692. The lowest BCUT2D eigenvalue weighted by molar-refractivity contribution is -0.137. The van der Waals surface area contributed by atoms with Crippen LogP contribution in [0.25, 0.3) is 0 Å². The van der Waals surface area contributed by atoms with E-state index in [2.05, 4.69) is 36.5 Å². The molecule has 1 unspecified atom stereocenters. The van der Waals surface area contributed by atoms with Crippen LogP contribution in [0, 0.1) is 0 Å². The highest BCUT2D eigenvalue weighted by Crippen LogP contribution is 2.11. The summed E-state index contributed by atoms with van der Waals surface area (Å²) in [5, 5.41) is 11.8. The van der Waals surface area contributed by atoms with E-state index in [1.54, 1.807) is 0 Å². The van der Waals surface area contributed by atoms with Crippen LogP contribution in [0.5, 0.6) is 0 Å². The Hall–Kier alpha value is -1.35. The average Bonchev–Trinajstić information content (AvgIpc) is 2.39. The van der Waals surface area contributed by atoms with Gasteiger partial charge in [0.05, 0.1) is 0 Å². The van der Waals surface area contributed by atoms with Crippen LogP contribution in [0.15, 0.2) is 24.3 Å². The van der Waals surface area contributed by atoms with Gasteiger partial charge in [0.1, 0.15) is 0 Å². The number of hydrogen-bond acceptors (Lipinski definition) is 2. The first-order valence-corrected chi connectivity index (χ1v) is 7.08. The van der Waals surface area contributed by atoms with Crippen molar-refractivity contribution in [2.75, 3.05) is 7.05 Å². The minimum Gasteiger partial charge on any atom is -0.481 e. The van der Waals surface area contributed by atoms with Crippen LogP contribution in [-0.4, -0.2) is 24.2 Å². The zero-order valence-electron chi connectivity index (χ0n) is 12.0. The lowest BCUT2D eigenvalue weighted by Gasteiger charge is -2.10. The van der Waals surface area contributed by atoms with Gasteiger partial charge in [0.25, 0.3) is 0 Å². The first-order valence-electron chi connectivity index (χ1n) is 7.08. The lowest BCUT2D eigenvalue weighted by atomic mass is 10.0. The van der Waals surface area contributed by atoms with Gasteiger partial charge in [-0.05, 0) is 50.8 Å². The van der Waals surface area contributed by atoms with E-state index in [0.29, 0.717) is 12.5 Å². The van der Waals surface area contributed by atoms with E-state index in [1.807, 2.05) is 7.05 Å². The van der Waals surface area contributed by atoms with Gasteiger partial charge in [-0.2, -0.15) is 0 Å². The summed E-state index contributed by atoms with van der Waals surface area (Å²) >= 11 is 0. The van der Waals surface area contributed by atoms with E-state index in [0.717, 1.165) is 32.1 Å². The third-order valence-corrected chi connectivity index (χ3v) is 3.41. The largest absolute Gasteiger partial charge is 0.481 e. The molecule has 1 aromatic rings. The molecule has 0 saturated heterocycles. The number of carboxylic acid groups (broad SMARTS) is 1. The predicted octanol–water partition coefficient (Wildman–Crippen LogP) is 3.02. The molecule has 3 nitrogen and oxygen atoms in total. The summed E-state index contributed by atoms with van der Waals surface area (Å²) in [7, 11) is 1.98. The van der Waals surface area contributed by atoms with Crippen molar-refractivity contribution in [1.82, 2.24) is 5.32 Å². The van der Waals surface area contributed by atoms with Gasteiger partial charge >= 0.3 is 5.97 Å². The van der Waals surface area contributed by atoms with E-state index in [4.69, 9.17) is 5.11 Å². The Morgan fingerprint density at radius 2 is 1.79 bits per heavy atom. The van der Waals surface area contributed by atoms with Gasteiger partial charge in [0, 0.05) is 12.5 Å². The van der Waals surface area contributed by atoms with Crippen LogP contribution in [0.4, 0.5) is 0 Å². The molecule has 1 rings (SSSR count). The first-order chi connectivity index (χ1) is 9.11. The number of rotatable bonds is 9. The average molecular weight is 263 g/mol. The Balaban J connectivity index is 2.26. The number of likely N-dealkylation sites (N-methyl/N-ethyl adjacent to an activating group) is 1. The lowest BCUT2D eigenvalue weighted by Crippen LogP contribution is -2.23. The molecular weight excluding hydrogens is 238 g/mol. The van der Waals surface area contributed by atoms with E-state index >= 15 is 0 Å². The fourth-order valence-corrected chi connectivity index (χ4v) is 2.08. The predicted molar refractivity (Wildman–Crippen MR) is 78.5 cm³/mol. The molecule has 2 N–H and O–H groups in total. The number of carboxylic acids is 1. The van der Waals surface area contributed by atoms with E-state index in [1.165, 1.54) is 11.1 Å². The number of hydrogen-bond donors (Lipinski definition) is 2. The summed E-state index contributed by atoms with van der Waals surface area (Å²) in [4.78, 5) is 10.4. The number of carbonyl (C=O) groups is 1. The molecule has 0 aliphatic carbocycles. The number of aryl methyl sites for hydroxylation is 1. The number of aliphatic carboxylic acids is 1. The maximum Gasteiger partial charge on any atom is 0.303 e. The summed E-state index contributed by atoms with van der Waals surface area (Å²) in [6, 6.07) is 9.27. The molecule has 0 radical (unpaired) electrons. The van der Waals surface area contributed by atoms with Crippen LogP contribution >= 0.6 is 0 Å². The van der Waals surface area contributed by atoms with Gasteiger partial charge in [0.2, 0.25) is 0 Å². The van der Waals surface area contributed by atoms with E-state index in [9.17, 15) is 4.79 Å². The molecule has 0 bridgehead atoms. The van der Waals surface area contributed by atoms with Crippen LogP contribution in [0.1, 0.15) is 43.7 Å². The Bertz CT molecular complexity index is 373. The molecule has 0 saturated carbocycles. The van der Waals surface area contributed by atoms with Crippen molar-refractivity contribution in [3.63, 3.8) is 0 Å². The maximum atomic E-state index is 10.4. The Kier molecular flexibility index (Phi) is 7.19. The second-order valence-corrected chi connectivity index (χ2v) is 5.16. The molecule has 0 fully saturated rings. The molecule has 106 valence electrons. The van der Waals surface area contributed by atoms with Crippen molar-refractivity contribution < 1.29 is 9.90 Å². The summed E-state index contributed by atoms with van der Waals surface area (Å²) in [6.45, 7) is 2.18. The summed E-state index contributed by atoms with van der Waals surface area (Å²) in [5.41, 5.74) is 2.70. The molecule has 0 heterocycles. The SMILES string of the molecule is CNC(C)Cc1ccc(CCCCCC(=O)O)cc1. The Morgan fingerprint density at radius 3 is 2.37 bits per heavy atom. The van der Waals surface area contributed by atoms with Crippen LogP contribution < -0.4 is 5.32 Å². The van der Waals surface area contributed by atoms with Crippen molar-refractivity contribution in [3.05, 3.63) is 35.4 Å². The van der Waals surface area contributed by atoms with Crippen LogP contribution in [0.3, 0.4) is 0 Å². The number of benzene rings is 1. The van der Waals surface area contributed by atoms with Gasteiger partial charge in [-0.3, -0.25) is 4.79 Å². The fourth-order valence-electron chi connectivity index (χ4n) is 2.08. The van der Waals surface area contributed by atoms with Crippen LogP contribution in [0.2, 0.25) is 0 Å². The van der Waals surface area contributed by atoms with Crippen molar-refractivity contribution in [2.45, 2.75) is 51.5 Å². The summed E-state index contributed by atoms with van der Waals surface area (Å²) in [5.74, 6) is -0.692. The Labute approximate surface area is 116 Å². The quantitative estimate of drug-likeness (QED) is 0.673. The highest BCUT2D eigenvalue weighted by Gasteiger charge is 2.01. The van der Waals surface area contributed by atoms with Crippen molar-refractivity contribution in [1.29, 1.82) is 0 Å². The fraction of sp³-hybridized carbons (Fsp3) is 0.562. The van der Waals surface area contributed by atoms with Crippen molar-refractivity contribution in [2.24, 2.45) is 0 Å². The molecule has 19 heavy (non-hydrogen) atoms. The monoisotopic (exact) mass is 263 g/mol. The van der Waals surface area contributed by atoms with E-state index in [-0.39, 0.29) is 0 Å². The molecule has 3 heteroatoms. The highest BCUT2D eigenvalue weighted by molar-refractivity contribution is 5.66. The number of unbranched alkanes of at least 4 members (excludes halogenated alkanes) is 2. The topological polar surface area (TPSA) is 49.3 Å². The minimum absolute atomic E-state index is 0.293. The Morgan fingerprint density at radius 1 is 1.16 bits per heavy atom. The third kappa shape index (κ3) is 6.97. The molecule has 1 atom stereocenters. The van der Waals surface area contributed by atoms with Gasteiger partial charge in [-0.1, -0.05) is 30.7 Å². The molecule has 0 spiro atoms. The van der Waals surface area contributed by atoms with Gasteiger partial charge in [-0.15, -0.1) is 0 Å². The molecule has 0 aliphatic rings. The smallest absolute Gasteiger partial charge is 0.303 e. The van der Waals surface area contributed by atoms with Crippen molar-refractivity contribution in [3.8, 4) is 0 Å². The van der Waals surface area contributed by atoms with Gasteiger partial charge < -0.3 is 10.4 Å². The molecule has 0 amide bonds. The second kappa shape index (κ2) is 8.70. The summed E-state index contributed by atoms with van der Waals surface area (Å²) < 4.78 is 0. The molecule has 0 aliphatic heterocycles. The molecule has 1 aromatic carbocycles. The maximum absolute atomic E-state index is 10.4. The molecular formula is C16H25NO2.